The number of aryl methyl sites for hydroxylation is 1. The average Bonchev–Trinajstić information content (AvgIpc) is 2.47. The van der Waals surface area contributed by atoms with Crippen molar-refractivity contribution in [3.63, 3.8) is 0 Å². The molecule has 1 aromatic rings. The minimum atomic E-state index is -3.42. The molecular weight excluding hydrogens is 284 g/mol. The highest BCUT2D eigenvalue weighted by Crippen LogP contribution is 2.23. The van der Waals surface area contributed by atoms with Crippen molar-refractivity contribution in [1.29, 1.82) is 0 Å². The Kier molecular flexibility index (Phi) is 6.84. The highest BCUT2D eigenvalue weighted by molar-refractivity contribution is 7.89. The van der Waals surface area contributed by atoms with Crippen molar-refractivity contribution in [3.05, 3.63) is 29.3 Å². The highest BCUT2D eigenvalue weighted by atomic mass is 32.2. The molecule has 1 atom stereocenters. The van der Waals surface area contributed by atoms with Crippen molar-refractivity contribution in [3.8, 4) is 0 Å². The lowest BCUT2D eigenvalue weighted by molar-refractivity contribution is 0.393. The summed E-state index contributed by atoms with van der Waals surface area (Å²) in [5.74, 6) is 0.357. The zero-order valence-corrected chi connectivity index (χ0v) is 14.6. The Bertz CT molecular complexity index is 555. The Morgan fingerprint density at radius 2 is 1.95 bits per heavy atom. The van der Waals surface area contributed by atoms with Gasteiger partial charge in [0.25, 0.3) is 0 Å². The van der Waals surface area contributed by atoms with Gasteiger partial charge in [0.1, 0.15) is 0 Å². The molecule has 1 aromatic carbocycles. The molecule has 0 spiro atoms. The van der Waals surface area contributed by atoms with E-state index >= 15 is 0 Å². The van der Waals surface area contributed by atoms with Gasteiger partial charge >= 0.3 is 0 Å². The largest absolute Gasteiger partial charge is 0.316 e. The molecule has 1 rings (SSSR count). The predicted molar refractivity (Wildman–Crippen MR) is 87.9 cm³/mol. The molecule has 0 aliphatic heterocycles. The molecule has 21 heavy (non-hydrogen) atoms. The Morgan fingerprint density at radius 3 is 2.48 bits per heavy atom. The van der Waals surface area contributed by atoms with Crippen LogP contribution in [0, 0.1) is 5.92 Å². The molecule has 0 heterocycles. The molecule has 0 fully saturated rings. The maximum absolute atomic E-state index is 12.8. The molecule has 0 bridgehead atoms. The molecule has 0 aliphatic carbocycles. The summed E-state index contributed by atoms with van der Waals surface area (Å²) in [5.41, 5.74) is 1.87. The van der Waals surface area contributed by atoms with Crippen LogP contribution in [0.1, 0.15) is 38.3 Å². The van der Waals surface area contributed by atoms with Crippen molar-refractivity contribution in [2.75, 3.05) is 20.6 Å². The van der Waals surface area contributed by atoms with Crippen molar-refractivity contribution in [2.24, 2.45) is 5.92 Å². The van der Waals surface area contributed by atoms with E-state index in [4.69, 9.17) is 0 Å². The third kappa shape index (κ3) is 4.53. The smallest absolute Gasteiger partial charge is 0.243 e. The Labute approximate surface area is 129 Å². The number of sulfonamides is 1. The molecule has 0 radical (unpaired) electrons. The number of rotatable bonds is 8. The predicted octanol–water partition coefficient (Wildman–Crippen LogP) is 2.64. The summed E-state index contributed by atoms with van der Waals surface area (Å²) in [6, 6.07) is 5.72. The normalized spacial score (nSPS) is 13.6. The van der Waals surface area contributed by atoms with Crippen LogP contribution in [-0.4, -0.2) is 33.4 Å². The van der Waals surface area contributed by atoms with E-state index in [0.717, 1.165) is 17.5 Å². The fourth-order valence-corrected chi connectivity index (χ4v) is 3.91. The molecule has 1 unspecified atom stereocenters. The van der Waals surface area contributed by atoms with E-state index in [1.807, 2.05) is 26.1 Å². The van der Waals surface area contributed by atoms with Gasteiger partial charge in [0.2, 0.25) is 10.0 Å². The second-order valence-corrected chi connectivity index (χ2v) is 7.64. The van der Waals surface area contributed by atoms with Gasteiger partial charge in [0, 0.05) is 20.1 Å². The molecule has 120 valence electrons. The lowest BCUT2D eigenvalue weighted by atomic mass is 10.1. The third-order valence-electron chi connectivity index (χ3n) is 3.85. The van der Waals surface area contributed by atoms with E-state index in [0.29, 0.717) is 30.3 Å². The van der Waals surface area contributed by atoms with Gasteiger partial charge in [-0.25, -0.2) is 12.7 Å². The van der Waals surface area contributed by atoms with Crippen LogP contribution in [0.2, 0.25) is 0 Å². The van der Waals surface area contributed by atoms with Crippen LogP contribution in [0.4, 0.5) is 0 Å². The van der Waals surface area contributed by atoms with Gasteiger partial charge in [-0.3, -0.25) is 0 Å². The summed E-state index contributed by atoms with van der Waals surface area (Å²) in [5, 5.41) is 3.06. The first-order valence-corrected chi connectivity index (χ1v) is 9.03. The van der Waals surface area contributed by atoms with Gasteiger partial charge in [-0.1, -0.05) is 39.3 Å². The van der Waals surface area contributed by atoms with Crippen LogP contribution in [0.5, 0.6) is 0 Å². The van der Waals surface area contributed by atoms with Crippen LogP contribution in [0.3, 0.4) is 0 Å². The quantitative estimate of drug-likeness (QED) is 0.803. The molecular formula is C16H28N2O2S. The first-order chi connectivity index (χ1) is 9.86. The molecule has 0 saturated heterocycles. The number of hydrogen-bond acceptors (Lipinski definition) is 3. The SMILES string of the molecule is CCc1ccc(CNC)cc1S(=O)(=O)N(C)CC(C)CC. The van der Waals surface area contributed by atoms with Crippen molar-refractivity contribution >= 4 is 10.0 Å². The van der Waals surface area contributed by atoms with Gasteiger partial charge in [-0.2, -0.15) is 0 Å². The minimum absolute atomic E-state index is 0.357. The number of hydrogen-bond donors (Lipinski definition) is 1. The average molecular weight is 312 g/mol. The van der Waals surface area contributed by atoms with E-state index in [-0.39, 0.29) is 0 Å². The molecule has 4 nitrogen and oxygen atoms in total. The van der Waals surface area contributed by atoms with Gasteiger partial charge in [0.05, 0.1) is 4.90 Å². The van der Waals surface area contributed by atoms with Crippen LogP contribution >= 0.6 is 0 Å². The molecule has 0 saturated carbocycles. The lowest BCUT2D eigenvalue weighted by Crippen LogP contribution is -2.31. The molecule has 0 aliphatic rings. The summed E-state index contributed by atoms with van der Waals surface area (Å²) in [6.07, 6.45) is 1.69. The second kappa shape index (κ2) is 7.92. The van der Waals surface area contributed by atoms with E-state index < -0.39 is 10.0 Å². The monoisotopic (exact) mass is 312 g/mol. The molecule has 0 aromatic heterocycles. The molecule has 5 heteroatoms. The first-order valence-electron chi connectivity index (χ1n) is 7.59. The summed E-state index contributed by atoms with van der Waals surface area (Å²) in [4.78, 5) is 0.448. The van der Waals surface area contributed by atoms with Crippen molar-refractivity contribution < 1.29 is 8.42 Å². The lowest BCUT2D eigenvalue weighted by Gasteiger charge is -2.22. The fraction of sp³-hybridized carbons (Fsp3) is 0.625. The minimum Gasteiger partial charge on any atom is -0.316 e. The number of benzene rings is 1. The molecule has 0 amide bonds. The topological polar surface area (TPSA) is 49.4 Å². The maximum Gasteiger partial charge on any atom is 0.243 e. The zero-order chi connectivity index (χ0) is 16.0. The van der Waals surface area contributed by atoms with Crippen LogP contribution in [-0.2, 0) is 23.0 Å². The maximum atomic E-state index is 12.8. The van der Waals surface area contributed by atoms with Crippen molar-refractivity contribution in [1.82, 2.24) is 9.62 Å². The fourth-order valence-electron chi connectivity index (χ4n) is 2.28. The van der Waals surface area contributed by atoms with E-state index in [2.05, 4.69) is 19.2 Å². The summed E-state index contributed by atoms with van der Waals surface area (Å²) < 4.78 is 27.1. The Morgan fingerprint density at radius 1 is 1.29 bits per heavy atom. The summed E-state index contributed by atoms with van der Waals surface area (Å²) in [6.45, 7) is 7.36. The second-order valence-electron chi connectivity index (χ2n) is 5.62. The van der Waals surface area contributed by atoms with Gasteiger partial charge in [0.15, 0.2) is 0 Å². The Balaban J connectivity index is 3.18. The number of nitrogens with zero attached hydrogens (tertiary/aromatic N) is 1. The third-order valence-corrected chi connectivity index (χ3v) is 5.75. The van der Waals surface area contributed by atoms with Crippen LogP contribution < -0.4 is 5.32 Å². The van der Waals surface area contributed by atoms with E-state index in [1.165, 1.54) is 4.31 Å². The van der Waals surface area contributed by atoms with Crippen LogP contribution in [0.15, 0.2) is 23.1 Å². The molecule has 1 N–H and O–H groups in total. The zero-order valence-electron chi connectivity index (χ0n) is 13.8. The van der Waals surface area contributed by atoms with Gasteiger partial charge in [-0.05, 0) is 36.6 Å². The van der Waals surface area contributed by atoms with Crippen LogP contribution in [0.25, 0.3) is 0 Å². The van der Waals surface area contributed by atoms with E-state index in [1.54, 1.807) is 13.1 Å². The Hall–Kier alpha value is -0.910. The number of nitrogens with one attached hydrogen (secondary N) is 1. The van der Waals surface area contributed by atoms with Gasteiger partial charge < -0.3 is 5.32 Å². The summed E-state index contributed by atoms with van der Waals surface area (Å²) in [7, 11) is 0.108. The standard InChI is InChI=1S/C16H28N2O2S/c1-6-13(3)12-18(5)21(19,20)16-10-14(11-17-4)8-9-15(16)7-2/h8-10,13,17H,6-7,11-12H2,1-5H3. The highest BCUT2D eigenvalue weighted by Gasteiger charge is 2.24. The van der Waals surface area contributed by atoms with Crippen molar-refractivity contribution in [2.45, 2.75) is 45.1 Å². The van der Waals surface area contributed by atoms with Gasteiger partial charge in [-0.15, -0.1) is 0 Å². The first kappa shape index (κ1) is 18.1. The van der Waals surface area contributed by atoms with E-state index in [9.17, 15) is 8.42 Å². The summed E-state index contributed by atoms with van der Waals surface area (Å²) >= 11 is 0.